The Morgan fingerprint density at radius 1 is 1.12 bits per heavy atom. The van der Waals surface area contributed by atoms with Crippen molar-refractivity contribution in [3.8, 4) is 16.5 Å². The summed E-state index contributed by atoms with van der Waals surface area (Å²) >= 11 is 7.49. The fraction of sp³-hybridized carbons (Fsp3) is 0.600. The van der Waals surface area contributed by atoms with E-state index in [2.05, 4.69) is 34.3 Å². The minimum absolute atomic E-state index is 0.0475. The van der Waals surface area contributed by atoms with Crippen LogP contribution in [-0.4, -0.2) is 75.0 Å². The van der Waals surface area contributed by atoms with Crippen LogP contribution in [0.4, 0.5) is 4.79 Å². The van der Waals surface area contributed by atoms with Crippen LogP contribution in [0.3, 0.4) is 0 Å². The first-order valence-electron chi connectivity index (χ1n) is 15.1. The van der Waals surface area contributed by atoms with Gasteiger partial charge in [0.1, 0.15) is 11.4 Å². The Kier molecular flexibility index (Phi) is 8.61. The summed E-state index contributed by atoms with van der Waals surface area (Å²) in [4.78, 5) is 31.8. The number of rotatable bonds is 7. The van der Waals surface area contributed by atoms with Crippen molar-refractivity contribution >= 4 is 34.9 Å². The molecule has 10 nitrogen and oxygen atoms in total. The zero-order valence-corrected chi connectivity index (χ0v) is 25.9. The molecule has 0 radical (unpaired) electrons. The highest BCUT2D eigenvalue weighted by Crippen LogP contribution is 2.46. The van der Waals surface area contributed by atoms with Crippen LogP contribution in [0.15, 0.2) is 28.8 Å². The van der Waals surface area contributed by atoms with Gasteiger partial charge in [-0.3, -0.25) is 4.79 Å². The van der Waals surface area contributed by atoms with Crippen LogP contribution in [0.2, 0.25) is 4.34 Å². The summed E-state index contributed by atoms with van der Waals surface area (Å²) in [6.45, 7) is 7.89. The Balaban J connectivity index is 1.16. The van der Waals surface area contributed by atoms with Gasteiger partial charge in [0, 0.05) is 50.4 Å². The summed E-state index contributed by atoms with van der Waals surface area (Å²) in [6.07, 6.45) is 8.35. The van der Waals surface area contributed by atoms with Crippen molar-refractivity contribution in [2.45, 2.75) is 83.8 Å². The summed E-state index contributed by atoms with van der Waals surface area (Å²) in [6, 6.07) is 7.62. The Hall–Kier alpha value is -2.89. The molecule has 3 aliphatic rings. The third-order valence-electron chi connectivity index (χ3n) is 9.22. The highest BCUT2D eigenvalue weighted by Gasteiger charge is 2.38. The van der Waals surface area contributed by atoms with Crippen molar-refractivity contribution in [1.29, 1.82) is 0 Å². The molecule has 3 aromatic heterocycles. The van der Waals surface area contributed by atoms with Crippen LogP contribution in [0.5, 0.6) is 5.88 Å². The summed E-state index contributed by atoms with van der Waals surface area (Å²) in [5, 5.41) is 11.7. The second kappa shape index (κ2) is 12.4. The number of likely N-dealkylation sites (tertiary alicyclic amines) is 2. The molecule has 2 saturated heterocycles. The van der Waals surface area contributed by atoms with Gasteiger partial charge in [0.25, 0.3) is 5.91 Å². The smallest absolute Gasteiger partial charge is 0.390 e. The molecule has 0 aromatic carbocycles. The van der Waals surface area contributed by atoms with E-state index in [1.807, 2.05) is 23.1 Å². The zero-order chi connectivity index (χ0) is 29.3. The molecule has 0 atom stereocenters. The van der Waals surface area contributed by atoms with Gasteiger partial charge >= 0.3 is 6.09 Å². The molecule has 1 saturated carbocycles. The molecule has 3 fully saturated rings. The normalized spacial score (nSPS) is 19.6. The van der Waals surface area contributed by atoms with Crippen molar-refractivity contribution in [2.24, 2.45) is 5.41 Å². The van der Waals surface area contributed by atoms with Gasteiger partial charge in [-0.25, -0.2) is 9.48 Å². The van der Waals surface area contributed by atoms with E-state index in [9.17, 15) is 9.59 Å². The third kappa shape index (κ3) is 6.53. The van der Waals surface area contributed by atoms with Gasteiger partial charge < -0.3 is 24.4 Å². The van der Waals surface area contributed by atoms with Crippen molar-refractivity contribution in [3.05, 3.63) is 40.0 Å². The summed E-state index contributed by atoms with van der Waals surface area (Å²) < 4.78 is 13.4. The predicted molar refractivity (Wildman–Crippen MR) is 161 cm³/mol. The molecular formula is C30H39ClN6O4S. The van der Waals surface area contributed by atoms with E-state index in [-0.39, 0.29) is 24.4 Å². The van der Waals surface area contributed by atoms with Gasteiger partial charge in [0.15, 0.2) is 5.76 Å². The van der Waals surface area contributed by atoms with Crippen LogP contribution in [0, 0.1) is 5.41 Å². The molecule has 0 bridgehead atoms. The lowest BCUT2D eigenvalue weighted by atomic mass is 9.77. The number of carbonyl (C=O) groups is 2. The lowest BCUT2D eigenvalue weighted by Gasteiger charge is -2.39. The van der Waals surface area contributed by atoms with Crippen molar-refractivity contribution in [2.75, 3.05) is 26.2 Å². The number of nitrogens with one attached hydrogen (secondary N) is 1. The molecule has 2 aliphatic heterocycles. The van der Waals surface area contributed by atoms with Crippen molar-refractivity contribution in [1.82, 2.24) is 30.1 Å². The molecule has 42 heavy (non-hydrogen) atoms. The Morgan fingerprint density at radius 3 is 2.52 bits per heavy atom. The highest BCUT2D eigenvalue weighted by atomic mass is 35.5. The maximum absolute atomic E-state index is 13.8. The maximum atomic E-state index is 13.8. The Bertz CT molecular complexity index is 1390. The van der Waals surface area contributed by atoms with E-state index in [0.717, 1.165) is 56.7 Å². The molecule has 1 N–H and O–H groups in total. The number of amides is 2. The molecule has 3 aromatic rings. The first kappa shape index (κ1) is 29.2. The standard InChI is InChI=1S/C30H39ClN6O4S/c1-20(2)35-13-7-21(8-14-35)32-29(39)40-27-18-23(28(38)36-15-11-30(12-16-36)9-3-4-10-30)37(33-27)19-22-17-24(41-34-22)25-5-6-26(31)42-25/h5-6,17-18,20-21H,3-4,7-16,19H2,1-2H3,(H,32,39). The third-order valence-corrected chi connectivity index (χ3v) is 10.5. The Morgan fingerprint density at radius 2 is 1.86 bits per heavy atom. The van der Waals surface area contributed by atoms with Gasteiger partial charge in [0.2, 0.25) is 5.88 Å². The van der Waals surface area contributed by atoms with Crippen LogP contribution in [0.25, 0.3) is 10.6 Å². The average Bonchev–Trinajstić information content (AvgIpc) is 3.78. The second-order valence-electron chi connectivity index (χ2n) is 12.2. The lowest BCUT2D eigenvalue weighted by Crippen LogP contribution is -2.47. The van der Waals surface area contributed by atoms with Crippen molar-refractivity contribution in [3.63, 3.8) is 0 Å². The molecule has 5 heterocycles. The summed E-state index contributed by atoms with van der Waals surface area (Å²) in [7, 11) is 0. The van der Waals surface area contributed by atoms with Gasteiger partial charge in [-0.1, -0.05) is 29.6 Å². The van der Waals surface area contributed by atoms with Crippen LogP contribution < -0.4 is 10.1 Å². The number of halogens is 1. The number of thiophene rings is 1. The summed E-state index contributed by atoms with van der Waals surface area (Å²) in [5.41, 5.74) is 1.37. The lowest BCUT2D eigenvalue weighted by molar-refractivity contribution is 0.0576. The van der Waals surface area contributed by atoms with Gasteiger partial charge in [-0.15, -0.1) is 16.4 Å². The van der Waals surface area contributed by atoms with Gasteiger partial charge in [-0.2, -0.15) is 0 Å². The average molecular weight is 615 g/mol. The first-order valence-corrected chi connectivity index (χ1v) is 16.3. The number of ether oxygens (including phenoxy) is 1. The minimum Gasteiger partial charge on any atom is -0.390 e. The molecule has 226 valence electrons. The zero-order valence-electron chi connectivity index (χ0n) is 24.3. The topological polar surface area (TPSA) is 106 Å². The van der Waals surface area contributed by atoms with E-state index >= 15 is 0 Å². The van der Waals surface area contributed by atoms with E-state index in [0.29, 0.717) is 32.9 Å². The minimum atomic E-state index is -0.555. The van der Waals surface area contributed by atoms with Crippen LogP contribution in [-0.2, 0) is 6.54 Å². The van der Waals surface area contributed by atoms with E-state index in [4.69, 9.17) is 20.9 Å². The van der Waals surface area contributed by atoms with E-state index in [1.165, 1.54) is 37.0 Å². The molecule has 0 unspecified atom stereocenters. The number of piperidine rings is 2. The fourth-order valence-corrected chi connectivity index (χ4v) is 7.65. The molecule has 1 aliphatic carbocycles. The SMILES string of the molecule is CC(C)N1CCC(NC(=O)Oc2cc(C(=O)N3CCC4(CCCC4)CC3)n(Cc3cc(-c4ccc(Cl)s4)on3)n2)CC1. The van der Waals surface area contributed by atoms with Crippen LogP contribution >= 0.6 is 22.9 Å². The highest BCUT2D eigenvalue weighted by molar-refractivity contribution is 7.19. The molecule has 1 spiro atoms. The molecule has 2 amide bonds. The van der Waals surface area contributed by atoms with Gasteiger partial charge in [0.05, 0.1) is 15.8 Å². The first-order chi connectivity index (χ1) is 20.3. The number of nitrogens with zero attached hydrogens (tertiary/aromatic N) is 5. The van der Waals surface area contributed by atoms with E-state index < -0.39 is 6.09 Å². The number of carbonyl (C=O) groups excluding carboxylic acids is 2. The quantitative estimate of drug-likeness (QED) is 0.345. The van der Waals surface area contributed by atoms with Crippen molar-refractivity contribution < 1.29 is 18.8 Å². The van der Waals surface area contributed by atoms with Gasteiger partial charge in [-0.05, 0) is 69.9 Å². The Labute approximate surface area is 255 Å². The fourth-order valence-electron chi connectivity index (χ4n) is 6.66. The molecular weight excluding hydrogens is 576 g/mol. The van der Waals surface area contributed by atoms with E-state index in [1.54, 1.807) is 10.7 Å². The maximum Gasteiger partial charge on any atom is 0.414 e. The number of hydrogen-bond acceptors (Lipinski definition) is 8. The monoisotopic (exact) mass is 614 g/mol. The molecule has 6 rings (SSSR count). The van der Waals surface area contributed by atoms with Crippen LogP contribution in [0.1, 0.15) is 81.4 Å². The number of hydrogen-bond donors (Lipinski definition) is 1. The largest absolute Gasteiger partial charge is 0.414 e. The second-order valence-corrected chi connectivity index (χ2v) is 14.0. The molecule has 12 heteroatoms. The summed E-state index contributed by atoms with van der Waals surface area (Å²) in [5.74, 6) is 0.577. The number of aromatic nitrogens is 3. The predicted octanol–water partition coefficient (Wildman–Crippen LogP) is 6.06.